The quantitative estimate of drug-likeness (QED) is 0.929. The summed E-state index contributed by atoms with van der Waals surface area (Å²) in [4.78, 5) is 2.48. The Balaban J connectivity index is 1.90. The Morgan fingerprint density at radius 3 is 2.89 bits per heavy atom. The first-order valence-corrected chi connectivity index (χ1v) is 7.39. The van der Waals surface area contributed by atoms with Crippen molar-refractivity contribution in [1.29, 1.82) is 0 Å². The number of nitrogens with two attached hydrogens (primary N) is 1. The van der Waals surface area contributed by atoms with Gasteiger partial charge in [-0.3, -0.25) is 4.90 Å². The van der Waals surface area contributed by atoms with Crippen LogP contribution in [-0.2, 0) is 0 Å². The van der Waals surface area contributed by atoms with E-state index >= 15 is 0 Å². The second kappa shape index (κ2) is 4.91. The van der Waals surface area contributed by atoms with Gasteiger partial charge in [0, 0.05) is 29.6 Å². The summed E-state index contributed by atoms with van der Waals surface area (Å²) in [6, 6.07) is 5.68. The molecule has 2 bridgehead atoms. The molecule has 1 saturated carbocycles. The van der Waals surface area contributed by atoms with Crippen molar-refractivity contribution in [2.24, 2.45) is 11.7 Å². The summed E-state index contributed by atoms with van der Waals surface area (Å²) in [6.45, 7) is 1.67. The Morgan fingerprint density at radius 2 is 2.28 bits per heavy atom. The van der Waals surface area contributed by atoms with E-state index in [4.69, 9.17) is 5.73 Å². The number of halogens is 2. The summed E-state index contributed by atoms with van der Waals surface area (Å²) < 4.78 is 14.4. The predicted molar refractivity (Wildman–Crippen MR) is 73.7 cm³/mol. The lowest BCUT2D eigenvalue weighted by atomic mass is 10.0. The Bertz CT molecular complexity index is 451. The molecule has 2 nitrogen and oxygen atoms in total. The highest BCUT2D eigenvalue weighted by molar-refractivity contribution is 9.10. The van der Waals surface area contributed by atoms with Gasteiger partial charge < -0.3 is 5.73 Å². The zero-order valence-corrected chi connectivity index (χ0v) is 11.9. The van der Waals surface area contributed by atoms with E-state index in [1.165, 1.54) is 25.3 Å². The number of piperidine rings is 1. The molecule has 2 N–H and O–H groups in total. The van der Waals surface area contributed by atoms with E-state index in [9.17, 15) is 4.39 Å². The van der Waals surface area contributed by atoms with Crippen molar-refractivity contribution in [2.75, 3.05) is 13.1 Å². The molecule has 3 rings (SSSR count). The number of hydrogen-bond donors (Lipinski definition) is 1. The molecule has 1 aliphatic carbocycles. The first-order chi connectivity index (χ1) is 8.69. The zero-order valence-electron chi connectivity index (χ0n) is 10.3. The third kappa shape index (κ3) is 2.10. The van der Waals surface area contributed by atoms with Gasteiger partial charge in [0.1, 0.15) is 5.82 Å². The fourth-order valence-electron chi connectivity index (χ4n) is 3.56. The van der Waals surface area contributed by atoms with Gasteiger partial charge in [-0.15, -0.1) is 0 Å². The normalized spacial score (nSPS) is 28.8. The monoisotopic (exact) mass is 312 g/mol. The minimum atomic E-state index is -0.184. The summed E-state index contributed by atoms with van der Waals surface area (Å²) >= 11 is 3.52. The predicted octanol–water partition coefficient (Wildman–Crippen LogP) is 3.07. The Kier molecular flexibility index (Phi) is 3.43. The van der Waals surface area contributed by atoms with Crippen molar-refractivity contribution in [3.05, 3.63) is 34.1 Å². The molecule has 2 fully saturated rings. The van der Waals surface area contributed by atoms with Gasteiger partial charge in [-0.25, -0.2) is 4.39 Å². The van der Waals surface area contributed by atoms with Crippen LogP contribution in [0.5, 0.6) is 0 Å². The maximum atomic E-state index is 13.4. The molecule has 1 aromatic rings. The van der Waals surface area contributed by atoms with Gasteiger partial charge >= 0.3 is 0 Å². The van der Waals surface area contributed by atoms with E-state index in [1.54, 1.807) is 12.1 Å². The molecule has 1 aliphatic heterocycles. The van der Waals surface area contributed by atoms with Crippen LogP contribution in [0, 0.1) is 11.7 Å². The smallest absolute Gasteiger partial charge is 0.123 e. The van der Waals surface area contributed by atoms with Crippen LogP contribution in [0.15, 0.2) is 22.7 Å². The van der Waals surface area contributed by atoms with Gasteiger partial charge in [-0.2, -0.15) is 0 Å². The Morgan fingerprint density at radius 1 is 1.44 bits per heavy atom. The lowest BCUT2D eigenvalue weighted by molar-refractivity contribution is 0.152. The second-order valence-electron chi connectivity index (χ2n) is 5.45. The van der Waals surface area contributed by atoms with Gasteiger partial charge in [0.25, 0.3) is 0 Å². The number of fused-ring (bicyclic) bond motifs is 2. The molecular formula is C14H18BrFN2. The molecular weight excluding hydrogens is 295 g/mol. The Hall–Kier alpha value is -0.450. The van der Waals surface area contributed by atoms with Gasteiger partial charge in [0.05, 0.1) is 0 Å². The van der Waals surface area contributed by atoms with Crippen LogP contribution < -0.4 is 5.73 Å². The molecule has 1 aromatic carbocycles. The number of benzene rings is 1. The summed E-state index contributed by atoms with van der Waals surface area (Å²) in [6.07, 6.45) is 3.92. The second-order valence-corrected chi connectivity index (χ2v) is 6.30. The van der Waals surface area contributed by atoms with Crippen LogP contribution in [0.25, 0.3) is 0 Å². The summed E-state index contributed by atoms with van der Waals surface area (Å²) in [5.74, 6) is 0.646. The molecule has 1 heterocycles. The molecule has 1 saturated heterocycles. The standard InChI is InChI=1S/C14H18BrFN2/c15-13-4-2-10(16)6-12(13)14(7-17)18-8-9-1-3-11(18)5-9/h2,4,6,9,11,14H,1,3,5,7-8,17H2. The highest BCUT2D eigenvalue weighted by atomic mass is 79.9. The molecule has 0 spiro atoms. The van der Waals surface area contributed by atoms with Crippen LogP contribution in [0.4, 0.5) is 4.39 Å². The Labute approximate surface area is 115 Å². The first-order valence-electron chi connectivity index (χ1n) is 6.60. The molecule has 0 radical (unpaired) electrons. The first kappa shape index (κ1) is 12.6. The summed E-state index contributed by atoms with van der Waals surface area (Å²) in [7, 11) is 0. The van der Waals surface area contributed by atoms with E-state index in [0.717, 1.165) is 22.5 Å². The zero-order chi connectivity index (χ0) is 12.7. The van der Waals surface area contributed by atoms with Crippen molar-refractivity contribution >= 4 is 15.9 Å². The van der Waals surface area contributed by atoms with Crippen molar-refractivity contribution < 1.29 is 4.39 Å². The molecule has 0 amide bonds. The lowest BCUT2D eigenvalue weighted by Crippen LogP contribution is -2.39. The minimum Gasteiger partial charge on any atom is -0.329 e. The highest BCUT2D eigenvalue weighted by Crippen LogP contribution is 2.42. The summed E-state index contributed by atoms with van der Waals surface area (Å²) in [5.41, 5.74) is 6.94. The fourth-order valence-corrected chi connectivity index (χ4v) is 4.07. The largest absolute Gasteiger partial charge is 0.329 e. The van der Waals surface area contributed by atoms with E-state index < -0.39 is 0 Å². The van der Waals surface area contributed by atoms with Gasteiger partial charge in [-0.1, -0.05) is 15.9 Å². The number of rotatable bonds is 3. The lowest BCUT2D eigenvalue weighted by Gasteiger charge is -2.35. The van der Waals surface area contributed by atoms with Crippen molar-refractivity contribution in [2.45, 2.75) is 31.3 Å². The molecule has 98 valence electrons. The van der Waals surface area contributed by atoms with Crippen molar-refractivity contribution in [3.63, 3.8) is 0 Å². The van der Waals surface area contributed by atoms with E-state index in [-0.39, 0.29) is 11.9 Å². The van der Waals surface area contributed by atoms with Gasteiger partial charge in [0.15, 0.2) is 0 Å². The van der Waals surface area contributed by atoms with Gasteiger partial charge in [0.2, 0.25) is 0 Å². The number of nitrogens with zero attached hydrogens (tertiary/aromatic N) is 1. The molecule has 2 aliphatic rings. The molecule has 18 heavy (non-hydrogen) atoms. The van der Waals surface area contributed by atoms with Crippen molar-refractivity contribution in [1.82, 2.24) is 4.90 Å². The topological polar surface area (TPSA) is 29.3 Å². The molecule has 3 unspecified atom stereocenters. The van der Waals surface area contributed by atoms with Crippen molar-refractivity contribution in [3.8, 4) is 0 Å². The van der Waals surface area contributed by atoms with E-state index in [2.05, 4.69) is 20.8 Å². The third-order valence-corrected chi connectivity index (χ3v) is 5.11. The van der Waals surface area contributed by atoms with Crippen LogP contribution in [0.2, 0.25) is 0 Å². The number of likely N-dealkylation sites (tertiary alicyclic amines) is 1. The molecule has 4 heteroatoms. The SMILES string of the molecule is NCC(c1cc(F)ccc1Br)N1CC2CCC1C2. The average Bonchev–Trinajstić information content (AvgIpc) is 2.97. The third-order valence-electron chi connectivity index (χ3n) is 4.39. The van der Waals surface area contributed by atoms with Gasteiger partial charge in [-0.05, 0) is 48.9 Å². The molecule has 3 atom stereocenters. The fraction of sp³-hybridized carbons (Fsp3) is 0.571. The number of hydrogen-bond acceptors (Lipinski definition) is 2. The maximum Gasteiger partial charge on any atom is 0.123 e. The maximum absolute atomic E-state index is 13.4. The average molecular weight is 313 g/mol. The summed E-state index contributed by atoms with van der Waals surface area (Å²) in [5, 5.41) is 0. The van der Waals surface area contributed by atoms with E-state index in [0.29, 0.717) is 12.6 Å². The van der Waals surface area contributed by atoms with E-state index in [1.807, 2.05) is 0 Å². The minimum absolute atomic E-state index is 0.144. The van der Waals surface area contributed by atoms with Crippen LogP contribution in [0.3, 0.4) is 0 Å². The van der Waals surface area contributed by atoms with Crippen LogP contribution in [0.1, 0.15) is 30.9 Å². The highest BCUT2D eigenvalue weighted by Gasteiger charge is 2.41. The molecule has 0 aromatic heterocycles. The van der Waals surface area contributed by atoms with Crippen LogP contribution >= 0.6 is 15.9 Å². The van der Waals surface area contributed by atoms with Crippen LogP contribution in [-0.4, -0.2) is 24.0 Å².